The molecule has 0 spiro atoms. The molecule has 0 aliphatic carbocycles. The van der Waals surface area contributed by atoms with E-state index in [0.717, 1.165) is 0 Å². The number of H-pyrrole nitrogens is 1. The second kappa shape index (κ2) is 3.47. The summed E-state index contributed by atoms with van der Waals surface area (Å²) in [6.45, 7) is 0. The summed E-state index contributed by atoms with van der Waals surface area (Å²) >= 11 is 0. The van der Waals surface area contributed by atoms with Crippen molar-refractivity contribution < 1.29 is 29.6 Å². The summed E-state index contributed by atoms with van der Waals surface area (Å²) in [5.74, 6) is 0. The third kappa shape index (κ3) is 1.65. The van der Waals surface area contributed by atoms with Crippen molar-refractivity contribution in [3.63, 3.8) is 0 Å². The molecular formula is C4H4NNa. The molecule has 0 fully saturated rings. The Bertz CT molecular complexity index is 64.0. The zero-order valence-corrected chi connectivity index (χ0v) is 5.73. The Kier molecular flexibility index (Phi) is 3.63. The van der Waals surface area contributed by atoms with Crippen LogP contribution in [-0.2, 0) is 0 Å². The molecule has 6 heavy (non-hydrogen) atoms. The van der Waals surface area contributed by atoms with Gasteiger partial charge < -0.3 is 4.98 Å². The van der Waals surface area contributed by atoms with E-state index in [1.54, 1.807) is 0 Å². The smallest absolute Gasteiger partial charge is 0.484 e. The van der Waals surface area contributed by atoms with Crippen molar-refractivity contribution in [3.8, 4) is 0 Å². The Morgan fingerprint density at radius 3 is 2.50 bits per heavy atom. The number of hydrogen-bond acceptors (Lipinski definition) is 0. The maximum Gasteiger partial charge on any atom is 1.00 e. The average molecular weight is 89.1 g/mol. The number of nitrogens with one attached hydrogen (secondary N) is 1. The van der Waals surface area contributed by atoms with Crippen LogP contribution in [0.25, 0.3) is 0 Å². The monoisotopic (exact) mass is 89.0 g/mol. The fourth-order valence-corrected chi connectivity index (χ4v) is 0.241. The summed E-state index contributed by atoms with van der Waals surface area (Å²) in [5.41, 5.74) is 0. The predicted molar refractivity (Wildman–Crippen MR) is 19.6 cm³/mol. The van der Waals surface area contributed by atoms with Crippen molar-refractivity contribution >= 4 is 0 Å². The van der Waals surface area contributed by atoms with Crippen molar-refractivity contribution in [1.29, 1.82) is 0 Å². The van der Waals surface area contributed by atoms with Gasteiger partial charge in [-0.05, 0) is 0 Å². The van der Waals surface area contributed by atoms with Crippen molar-refractivity contribution in [2.45, 2.75) is 0 Å². The zero-order chi connectivity index (χ0) is 3.54. The van der Waals surface area contributed by atoms with Gasteiger partial charge in [-0.3, -0.25) is 0 Å². The van der Waals surface area contributed by atoms with Crippen LogP contribution in [0.1, 0.15) is 0 Å². The van der Waals surface area contributed by atoms with Crippen LogP contribution >= 0.6 is 0 Å². The molecule has 1 aromatic rings. The molecule has 26 valence electrons. The van der Waals surface area contributed by atoms with Gasteiger partial charge in [0.2, 0.25) is 0 Å². The summed E-state index contributed by atoms with van der Waals surface area (Å²) in [4.78, 5) is 2.74. The van der Waals surface area contributed by atoms with Crippen molar-refractivity contribution in [2.24, 2.45) is 0 Å². The van der Waals surface area contributed by atoms with E-state index in [2.05, 4.69) is 11.2 Å². The standard InChI is InChI=1S/C4H4N.Na/c1-2-4-5-3-1;/h1-3,5H;/q-1;+1. The van der Waals surface area contributed by atoms with Gasteiger partial charge in [0.05, 0.1) is 0 Å². The number of aromatic amines is 1. The van der Waals surface area contributed by atoms with E-state index in [0.29, 0.717) is 0 Å². The van der Waals surface area contributed by atoms with Gasteiger partial charge in [-0.2, -0.15) is 18.3 Å². The molecule has 0 radical (unpaired) electrons. The van der Waals surface area contributed by atoms with Crippen LogP contribution < -0.4 is 29.6 Å². The molecule has 0 atom stereocenters. The van der Waals surface area contributed by atoms with E-state index in [9.17, 15) is 0 Å². The predicted octanol–water partition coefficient (Wildman–Crippen LogP) is -2.18. The quantitative estimate of drug-likeness (QED) is 0.275. The molecule has 0 aromatic carbocycles. The van der Waals surface area contributed by atoms with Gasteiger partial charge in [0.1, 0.15) is 0 Å². The molecule has 0 aliphatic rings. The van der Waals surface area contributed by atoms with E-state index in [1.165, 1.54) is 0 Å². The Morgan fingerprint density at radius 1 is 1.50 bits per heavy atom. The van der Waals surface area contributed by atoms with Crippen LogP contribution in [0.3, 0.4) is 0 Å². The largest absolute Gasteiger partial charge is 1.00 e. The first-order chi connectivity index (χ1) is 2.50. The minimum atomic E-state index is 0. The van der Waals surface area contributed by atoms with Crippen LogP contribution in [0.15, 0.2) is 18.3 Å². The summed E-state index contributed by atoms with van der Waals surface area (Å²) in [6, 6.07) is 3.71. The molecule has 0 aliphatic heterocycles. The SMILES string of the molecule is [Na+].[c-]1ccc[nH]1. The van der Waals surface area contributed by atoms with E-state index >= 15 is 0 Å². The second-order valence-corrected chi connectivity index (χ2v) is 0.814. The topological polar surface area (TPSA) is 15.8 Å². The van der Waals surface area contributed by atoms with Gasteiger partial charge in [-0.25, -0.2) is 0 Å². The normalized spacial score (nSPS) is 6.67. The third-order valence-electron chi connectivity index (χ3n) is 0.442. The molecule has 1 nitrogen and oxygen atoms in total. The Hall–Kier alpha value is 0.280. The molecule has 1 aromatic heterocycles. The van der Waals surface area contributed by atoms with Crippen LogP contribution in [-0.4, -0.2) is 4.98 Å². The Morgan fingerprint density at radius 2 is 2.33 bits per heavy atom. The first kappa shape index (κ1) is 6.28. The van der Waals surface area contributed by atoms with Gasteiger partial charge in [0.15, 0.2) is 0 Å². The van der Waals surface area contributed by atoms with E-state index in [4.69, 9.17) is 0 Å². The van der Waals surface area contributed by atoms with Crippen LogP contribution in [0.2, 0.25) is 0 Å². The summed E-state index contributed by atoms with van der Waals surface area (Å²) in [5, 5.41) is 0. The van der Waals surface area contributed by atoms with Gasteiger partial charge in [-0.15, -0.1) is 6.20 Å². The second-order valence-electron chi connectivity index (χ2n) is 0.814. The maximum absolute atomic E-state index is 2.74. The van der Waals surface area contributed by atoms with Crippen LogP contribution in [0.5, 0.6) is 0 Å². The molecule has 2 heteroatoms. The van der Waals surface area contributed by atoms with E-state index in [1.807, 2.05) is 18.3 Å². The van der Waals surface area contributed by atoms with Gasteiger partial charge in [0, 0.05) is 0 Å². The summed E-state index contributed by atoms with van der Waals surface area (Å²) in [6.07, 6.45) is 4.56. The Labute approximate surface area is 59.1 Å². The van der Waals surface area contributed by atoms with Crippen LogP contribution in [0.4, 0.5) is 0 Å². The van der Waals surface area contributed by atoms with Gasteiger partial charge in [-0.1, -0.05) is 0 Å². The molecule has 1 heterocycles. The first-order valence-corrected chi connectivity index (χ1v) is 1.49. The molecule has 1 rings (SSSR count). The summed E-state index contributed by atoms with van der Waals surface area (Å²) in [7, 11) is 0. The number of hydrogen-bond donors (Lipinski definition) is 1. The van der Waals surface area contributed by atoms with E-state index < -0.39 is 0 Å². The fourth-order valence-electron chi connectivity index (χ4n) is 0.241. The fraction of sp³-hybridized carbons (Fsp3) is 0. The molecule has 0 saturated carbocycles. The summed E-state index contributed by atoms with van der Waals surface area (Å²) < 4.78 is 0. The molecule has 0 unspecified atom stereocenters. The molecule has 1 N–H and O–H groups in total. The van der Waals surface area contributed by atoms with Gasteiger partial charge >= 0.3 is 29.6 Å². The number of aromatic nitrogens is 1. The first-order valence-electron chi connectivity index (χ1n) is 1.49. The molecule has 0 amide bonds. The van der Waals surface area contributed by atoms with Crippen molar-refractivity contribution in [1.82, 2.24) is 4.98 Å². The van der Waals surface area contributed by atoms with Crippen molar-refractivity contribution in [3.05, 3.63) is 24.5 Å². The maximum atomic E-state index is 2.74. The minimum absolute atomic E-state index is 0. The van der Waals surface area contributed by atoms with E-state index in [-0.39, 0.29) is 29.6 Å². The molecule has 0 bridgehead atoms. The van der Waals surface area contributed by atoms with Crippen LogP contribution in [0, 0.1) is 6.20 Å². The molecule has 0 saturated heterocycles. The zero-order valence-electron chi connectivity index (χ0n) is 3.73. The number of rotatable bonds is 0. The average Bonchev–Trinajstić information content (AvgIpc) is 1.76. The molecular weight excluding hydrogens is 85.0 g/mol. The minimum Gasteiger partial charge on any atom is -0.484 e. The third-order valence-corrected chi connectivity index (χ3v) is 0.442. The Balaban J connectivity index is 0.000000250. The van der Waals surface area contributed by atoms with Gasteiger partial charge in [0.25, 0.3) is 0 Å². The van der Waals surface area contributed by atoms with Crippen molar-refractivity contribution in [2.75, 3.05) is 0 Å².